The first-order valence-corrected chi connectivity index (χ1v) is 8.06. The number of carbonyl (C=O) groups excluding carboxylic acids is 2. The molecule has 27 heavy (non-hydrogen) atoms. The van der Waals surface area contributed by atoms with Crippen molar-refractivity contribution in [2.24, 2.45) is 0 Å². The predicted molar refractivity (Wildman–Crippen MR) is 99.3 cm³/mol. The Morgan fingerprint density at radius 2 is 1.63 bits per heavy atom. The fourth-order valence-electron chi connectivity index (χ4n) is 2.07. The van der Waals surface area contributed by atoms with Crippen molar-refractivity contribution in [3.63, 3.8) is 0 Å². The van der Waals surface area contributed by atoms with Crippen LogP contribution in [0.5, 0.6) is 0 Å². The van der Waals surface area contributed by atoms with Crippen LogP contribution in [0, 0.1) is 27.0 Å². The van der Waals surface area contributed by atoms with Crippen molar-refractivity contribution < 1.29 is 19.1 Å². The number of H-pyrrole nitrogens is 1. The monoisotopic (exact) mass is 371 g/mol. The van der Waals surface area contributed by atoms with Crippen molar-refractivity contribution >= 4 is 23.3 Å². The van der Waals surface area contributed by atoms with Crippen LogP contribution < -0.4 is 5.84 Å². The number of aromatic amines is 1. The van der Waals surface area contributed by atoms with Crippen LogP contribution in [-0.4, -0.2) is 34.8 Å². The number of carbonyl (C=O) groups is 2. The molecule has 2 aromatic heterocycles. The van der Waals surface area contributed by atoms with Gasteiger partial charge >= 0.3 is 11.9 Å². The van der Waals surface area contributed by atoms with Gasteiger partial charge in [0.25, 0.3) is 0 Å². The van der Waals surface area contributed by atoms with E-state index in [1.807, 2.05) is 0 Å². The molecule has 9 nitrogen and oxygen atoms in total. The maximum absolute atomic E-state index is 11.3. The van der Waals surface area contributed by atoms with Crippen molar-refractivity contribution in [3.05, 3.63) is 57.7 Å². The summed E-state index contributed by atoms with van der Waals surface area (Å²) in [7, 11) is 0. The smallest absolute Gasteiger partial charge is 0.355 e. The van der Waals surface area contributed by atoms with Crippen molar-refractivity contribution in [3.8, 4) is 0 Å². The molecular formula is C18H21N5O4. The first-order valence-electron chi connectivity index (χ1n) is 8.06. The van der Waals surface area contributed by atoms with Gasteiger partial charge in [-0.15, -0.1) is 0 Å². The first-order chi connectivity index (χ1) is 12.8. The number of ether oxygens (including phenoxy) is 2. The van der Waals surface area contributed by atoms with Crippen LogP contribution >= 0.6 is 0 Å². The summed E-state index contributed by atoms with van der Waals surface area (Å²) < 4.78 is 10.7. The Labute approximate surface area is 157 Å². The molecule has 2 rings (SSSR count). The first kappa shape index (κ1) is 21.3. The Hall–Kier alpha value is -3.72. The van der Waals surface area contributed by atoms with Crippen LogP contribution in [-0.2, 0) is 9.47 Å². The minimum Gasteiger partial charge on any atom is -0.461 e. The van der Waals surface area contributed by atoms with Crippen LogP contribution in [0.15, 0.2) is 12.1 Å². The SMILES string of the molecule is [C-]#[N+]c1cc(C(=O)OCC)[nH]c1C.[C-]#[N+]c1cc(C(=O)OCC)n(N)c1C. The molecule has 0 saturated heterocycles. The van der Waals surface area contributed by atoms with Crippen LogP contribution in [0.1, 0.15) is 46.2 Å². The molecule has 0 bridgehead atoms. The number of nitrogens with one attached hydrogen (secondary N) is 1. The molecule has 0 amide bonds. The summed E-state index contributed by atoms with van der Waals surface area (Å²) >= 11 is 0. The zero-order valence-electron chi connectivity index (χ0n) is 15.6. The van der Waals surface area contributed by atoms with Crippen LogP contribution in [0.3, 0.4) is 0 Å². The lowest BCUT2D eigenvalue weighted by Gasteiger charge is -2.04. The molecule has 0 atom stereocenters. The van der Waals surface area contributed by atoms with Crippen molar-refractivity contribution in [1.29, 1.82) is 0 Å². The molecule has 0 aliphatic heterocycles. The minimum absolute atomic E-state index is 0.204. The lowest BCUT2D eigenvalue weighted by atomic mass is 10.4. The second kappa shape index (κ2) is 9.68. The number of aryl methyl sites for hydroxylation is 1. The molecule has 0 spiro atoms. The summed E-state index contributed by atoms with van der Waals surface area (Å²) in [6, 6.07) is 2.93. The number of nitrogens with zero attached hydrogens (tertiary/aromatic N) is 3. The van der Waals surface area contributed by atoms with E-state index >= 15 is 0 Å². The lowest BCUT2D eigenvalue weighted by Crippen LogP contribution is -2.19. The Balaban J connectivity index is 0.000000271. The number of nitrogen functional groups attached to an aromatic ring is 1. The highest BCUT2D eigenvalue weighted by atomic mass is 16.5. The van der Waals surface area contributed by atoms with Gasteiger partial charge in [0, 0.05) is 11.4 Å². The predicted octanol–water partition coefficient (Wildman–Crippen LogP) is 3.29. The highest BCUT2D eigenvalue weighted by molar-refractivity contribution is 5.90. The van der Waals surface area contributed by atoms with E-state index in [1.165, 1.54) is 16.8 Å². The second-order valence-corrected chi connectivity index (χ2v) is 5.23. The van der Waals surface area contributed by atoms with E-state index < -0.39 is 11.9 Å². The van der Waals surface area contributed by atoms with Crippen molar-refractivity contribution in [1.82, 2.24) is 9.66 Å². The Morgan fingerprint density at radius 1 is 1.07 bits per heavy atom. The molecular weight excluding hydrogens is 350 g/mol. The topological polar surface area (TPSA) is 108 Å². The van der Waals surface area contributed by atoms with Crippen LogP contribution in [0.4, 0.5) is 11.4 Å². The molecule has 0 aromatic carbocycles. The van der Waals surface area contributed by atoms with Gasteiger partial charge in [-0.25, -0.2) is 19.3 Å². The molecule has 142 valence electrons. The zero-order valence-corrected chi connectivity index (χ0v) is 15.6. The maximum atomic E-state index is 11.3. The lowest BCUT2D eigenvalue weighted by molar-refractivity contribution is 0.0508. The van der Waals surface area contributed by atoms with E-state index in [4.69, 9.17) is 28.5 Å². The number of nitrogens with two attached hydrogens (primary N) is 1. The average Bonchev–Trinajstić information content (AvgIpc) is 3.16. The molecule has 2 aromatic rings. The van der Waals surface area contributed by atoms with Crippen molar-refractivity contribution in [2.75, 3.05) is 19.1 Å². The Bertz CT molecular complexity index is 912. The van der Waals surface area contributed by atoms with Gasteiger partial charge < -0.3 is 20.3 Å². The minimum atomic E-state index is -0.506. The largest absolute Gasteiger partial charge is 0.461 e. The summed E-state index contributed by atoms with van der Waals surface area (Å²) in [6.07, 6.45) is 0. The number of aromatic nitrogens is 2. The van der Waals surface area contributed by atoms with Gasteiger partial charge in [0.15, 0.2) is 0 Å². The molecule has 0 fully saturated rings. The summed E-state index contributed by atoms with van der Waals surface area (Å²) in [5.41, 5.74) is 2.63. The van der Waals surface area contributed by atoms with Gasteiger partial charge in [-0.3, -0.25) is 4.68 Å². The number of esters is 2. The third kappa shape index (κ3) is 5.13. The van der Waals surface area contributed by atoms with Crippen LogP contribution in [0.25, 0.3) is 9.69 Å². The molecule has 0 aliphatic carbocycles. The second-order valence-electron chi connectivity index (χ2n) is 5.23. The summed E-state index contributed by atoms with van der Waals surface area (Å²) in [4.78, 5) is 31.8. The van der Waals surface area contributed by atoms with E-state index in [2.05, 4.69) is 14.7 Å². The number of hydrogen-bond donors (Lipinski definition) is 2. The number of rotatable bonds is 4. The molecule has 2 heterocycles. The quantitative estimate of drug-likeness (QED) is 0.487. The van der Waals surface area contributed by atoms with E-state index in [-0.39, 0.29) is 12.3 Å². The summed E-state index contributed by atoms with van der Waals surface area (Å²) in [5, 5.41) is 0. The highest BCUT2D eigenvalue weighted by Crippen LogP contribution is 2.22. The van der Waals surface area contributed by atoms with Gasteiger partial charge in [0.1, 0.15) is 11.4 Å². The third-order valence-electron chi connectivity index (χ3n) is 3.47. The highest BCUT2D eigenvalue weighted by Gasteiger charge is 2.16. The van der Waals surface area contributed by atoms with Crippen molar-refractivity contribution in [2.45, 2.75) is 27.7 Å². The molecule has 0 radical (unpaired) electrons. The number of hydrogen-bond acceptors (Lipinski definition) is 5. The molecule has 0 aliphatic rings. The zero-order chi connectivity index (χ0) is 20.6. The van der Waals surface area contributed by atoms with E-state index in [0.717, 1.165) is 0 Å². The molecule has 9 heteroatoms. The van der Waals surface area contributed by atoms with Gasteiger partial charge in [-0.1, -0.05) is 0 Å². The maximum Gasteiger partial charge on any atom is 0.355 e. The van der Waals surface area contributed by atoms with E-state index in [1.54, 1.807) is 27.7 Å². The molecule has 3 N–H and O–H groups in total. The normalized spacial score (nSPS) is 9.41. The Kier molecular flexibility index (Phi) is 7.65. The average molecular weight is 371 g/mol. The van der Waals surface area contributed by atoms with Gasteiger partial charge in [0.2, 0.25) is 11.4 Å². The van der Waals surface area contributed by atoms with Crippen LogP contribution in [0.2, 0.25) is 0 Å². The summed E-state index contributed by atoms with van der Waals surface area (Å²) in [5.74, 6) is 4.66. The Morgan fingerprint density at radius 3 is 2.07 bits per heavy atom. The van der Waals surface area contributed by atoms with Gasteiger partial charge in [-0.05, 0) is 39.8 Å². The standard InChI is InChI=1S/C9H11N3O2.C9H10N2O2/c1-4-14-9(13)8-5-7(11-3)6(2)12(8)10;1-4-13-9(12)8-5-7(10-3)6(2)11-8/h5H,4,10H2,1-2H3;5,11H,4H2,1-2H3. The fourth-order valence-corrected chi connectivity index (χ4v) is 2.07. The molecule has 0 saturated carbocycles. The fraction of sp³-hybridized carbons (Fsp3) is 0.333. The van der Waals surface area contributed by atoms with E-state index in [9.17, 15) is 9.59 Å². The third-order valence-corrected chi connectivity index (χ3v) is 3.47. The van der Waals surface area contributed by atoms with Gasteiger partial charge in [0.05, 0.1) is 26.4 Å². The molecule has 0 unspecified atom stereocenters. The summed E-state index contributed by atoms with van der Waals surface area (Å²) in [6.45, 7) is 21.1. The van der Waals surface area contributed by atoms with E-state index in [0.29, 0.717) is 35.1 Å². The van der Waals surface area contributed by atoms with Gasteiger partial charge in [-0.2, -0.15) is 0 Å².